The van der Waals surface area contributed by atoms with E-state index in [1.165, 1.54) is 5.56 Å². The van der Waals surface area contributed by atoms with Crippen molar-refractivity contribution >= 4 is 9.28 Å². The molecule has 22 heavy (non-hydrogen) atoms. The van der Waals surface area contributed by atoms with E-state index < -0.39 is 9.28 Å². The number of benzene rings is 1. The van der Waals surface area contributed by atoms with Crippen LogP contribution < -0.4 is 0 Å². The van der Waals surface area contributed by atoms with Crippen LogP contribution in [0.4, 0.5) is 0 Å². The molecule has 0 aromatic heterocycles. The highest BCUT2D eigenvalue weighted by Gasteiger charge is 2.43. The summed E-state index contributed by atoms with van der Waals surface area (Å²) < 4.78 is 12.3. The summed E-state index contributed by atoms with van der Waals surface area (Å²) in [7, 11) is 0.625. The summed E-state index contributed by atoms with van der Waals surface area (Å²) in [5.74, 6) is 0. The number of rotatable bonds is 5. The Morgan fingerprint density at radius 2 is 1.64 bits per heavy atom. The van der Waals surface area contributed by atoms with Crippen LogP contribution in [0.1, 0.15) is 46.1 Å². The third-order valence-electron chi connectivity index (χ3n) is 4.98. The number of hydrogen-bond donors (Lipinski definition) is 0. The number of nitrogens with zero attached hydrogens (tertiary/aromatic N) is 1. The molecule has 1 aromatic rings. The average Bonchev–Trinajstić information content (AvgIpc) is 2.43. The minimum Gasteiger partial charge on any atom is -0.393 e. The largest absolute Gasteiger partial charge is 0.393 e. The first kappa shape index (κ1) is 17.7. The van der Waals surface area contributed by atoms with E-state index in [9.17, 15) is 0 Å². The molecule has 124 valence electrons. The third-order valence-corrected chi connectivity index (χ3v) is 6.39. The molecule has 1 aliphatic rings. The van der Waals surface area contributed by atoms with Crippen LogP contribution in [0.2, 0.25) is 6.55 Å². The zero-order chi connectivity index (χ0) is 16.4. The molecule has 1 saturated heterocycles. The predicted octanol–water partition coefficient (Wildman–Crippen LogP) is 3.72. The van der Waals surface area contributed by atoms with Crippen LogP contribution in [0.15, 0.2) is 30.3 Å². The second-order valence-electron chi connectivity index (χ2n) is 7.71. The number of likely N-dealkylation sites (tertiary alicyclic amines) is 1. The summed E-state index contributed by atoms with van der Waals surface area (Å²) in [5, 5.41) is 0. The Morgan fingerprint density at radius 1 is 1.09 bits per heavy atom. The zero-order valence-electron chi connectivity index (χ0n) is 14.9. The molecule has 0 spiro atoms. The molecule has 0 aliphatic carbocycles. The fourth-order valence-corrected chi connectivity index (χ4v) is 4.71. The Hall–Kier alpha value is -0.683. The van der Waals surface area contributed by atoms with Crippen molar-refractivity contribution in [3.63, 3.8) is 0 Å². The van der Waals surface area contributed by atoms with E-state index in [2.05, 4.69) is 58.3 Å². The van der Waals surface area contributed by atoms with E-state index in [4.69, 9.17) is 8.85 Å². The van der Waals surface area contributed by atoms with Crippen molar-refractivity contribution in [3.05, 3.63) is 35.9 Å². The minimum atomic E-state index is -1.60. The van der Waals surface area contributed by atoms with Crippen molar-refractivity contribution in [2.45, 2.75) is 70.9 Å². The maximum absolute atomic E-state index is 6.32. The first-order chi connectivity index (χ1) is 10.2. The lowest BCUT2D eigenvalue weighted by molar-refractivity contribution is -0.0623. The number of piperidine rings is 1. The van der Waals surface area contributed by atoms with Crippen LogP contribution in [-0.4, -0.2) is 38.4 Å². The number of hydrogen-bond acceptors (Lipinski definition) is 3. The first-order valence-corrected chi connectivity index (χ1v) is 10.4. The van der Waals surface area contributed by atoms with Gasteiger partial charge in [0.1, 0.15) is 0 Å². The van der Waals surface area contributed by atoms with Gasteiger partial charge in [-0.3, -0.25) is 4.90 Å². The van der Waals surface area contributed by atoms with Gasteiger partial charge >= 0.3 is 9.28 Å². The molecule has 0 bridgehead atoms. The molecule has 4 heteroatoms. The van der Waals surface area contributed by atoms with Crippen LogP contribution in [0.25, 0.3) is 0 Å². The monoisotopic (exact) mass is 321 g/mol. The topological polar surface area (TPSA) is 21.7 Å². The second-order valence-corrected chi connectivity index (χ2v) is 9.46. The molecule has 1 fully saturated rings. The standard InChI is InChI=1S/C18H31NO2Si/c1-17(2)12-16(13-18(3,4)19(17)5)21-22(6)20-14-15-10-8-7-9-11-15/h7-11,16,22H,12-14H2,1-6H3. The Morgan fingerprint density at radius 3 is 2.18 bits per heavy atom. The molecule has 0 saturated carbocycles. The van der Waals surface area contributed by atoms with Gasteiger partial charge in [0, 0.05) is 11.1 Å². The molecule has 0 N–H and O–H groups in total. The second kappa shape index (κ2) is 6.83. The maximum Gasteiger partial charge on any atom is 0.318 e. The van der Waals surface area contributed by atoms with Crippen molar-refractivity contribution < 1.29 is 8.85 Å². The van der Waals surface area contributed by atoms with E-state index in [0.29, 0.717) is 12.7 Å². The average molecular weight is 322 g/mol. The van der Waals surface area contributed by atoms with E-state index in [-0.39, 0.29) is 11.1 Å². The van der Waals surface area contributed by atoms with Gasteiger partial charge in [-0.05, 0) is 59.7 Å². The lowest BCUT2D eigenvalue weighted by Gasteiger charge is -2.53. The molecular formula is C18H31NO2Si. The summed E-state index contributed by atoms with van der Waals surface area (Å²) in [6.07, 6.45) is 2.44. The summed E-state index contributed by atoms with van der Waals surface area (Å²) in [5.41, 5.74) is 1.55. The summed E-state index contributed by atoms with van der Waals surface area (Å²) in [6, 6.07) is 10.3. The summed E-state index contributed by atoms with van der Waals surface area (Å²) >= 11 is 0. The van der Waals surface area contributed by atoms with E-state index in [0.717, 1.165) is 12.8 Å². The zero-order valence-corrected chi connectivity index (χ0v) is 16.1. The lowest BCUT2D eigenvalue weighted by atomic mass is 9.79. The Labute approximate surface area is 137 Å². The first-order valence-electron chi connectivity index (χ1n) is 8.26. The summed E-state index contributed by atoms with van der Waals surface area (Å²) in [4.78, 5) is 2.48. The summed E-state index contributed by atoms with van der Waals surface area (Å²) in [6.45, 7) is 12.0. The highest BCUT2D eigenvalue weighted by atomic mass is 28.3. The van der Waals surface area contributed by atoms with Crippen LogP contribution in [0, 0.1) is 0 Å². The van der Waals surface area contributed by atoms with Crippen LogP contribution >= 0.6 is 0 Å². The molecule has 1 unspecified atom stereocenters. The van der Waals surface area contributed by atoms with Gasteiger partial charge in [-0.25, -0.2) is 0 Å². The molecule has 0 radical (unpaired) electrons. The van der Waals surface area contributed by atoms with Crippen molar-refractivity contribution in [1.29, 1.82) is 0 Å². The Bertz CT molecular complexity index is 457. The highest BCUT2D eigenvalue weighted by molar-refractivity contribution is 6.42. The Kier molecular flexibility index (Phi) is 5.48. The molecule has 0 amide bonds. The molecule has 1 aliphatic heterocycles. The molecular weight excluding hydrogens is 290 g/mol. The predicted molar refractivity (Wildman–Crippen MR) is 94.3 cm³/mol. The van der Waals surface area contributed by atoms with E-state index >= 15 is 0 Å². The van der Waals surface area contributed by atoms with Crippen molar-refractivity contribution in [1.82, 2.24) is 4.90 Å². The highest BCUT2D eigenvalue weighted by Crippen LogP contribution is 2.38. The van der Waals surface area contributed by atoms with Gasteiger partial charge in [0.15, 0.2) is 0 Å². The van der Waals surface area contributed by atoms with Crippen LogP contribution in [0.5, 0.6) is 0 Å². The van der Waals surface area contributed by atoms with E-state index in [1.807, 2.05) is 18.2 Å². The minimum absolute atomic E-state index is 0.167. The normalized spacial score (nSPS) is 23.4. The SMILES string of the molecule is CN1C(C)(C)CC(O[SiH](C)OCc2ccccc2)CC1(C)C. The molecule has 1 heterocycles. The van der Waals surface area contributed by atoms with Crippen molar-refractivity contribution in [2.24, 2.45) is 0 Å². The van der Waals surface area contributed by atoms with Gasteiger partial charge < -0.3 is 8.85 Å². The fraction of sp³-hybridized carbons (Fsp3) is 0.667. The quantitative estimate of drug-likeness (QED) is 0.772. The van der Waals surface area contributed by atoms with Gasteiger partial charge in [0.25, 0.3) is 0 Å². The molecule has 2 rings (SSSR count). The van der Waals surface area contributed by atoms with Crippen LogP contribution in [0.3, 0.4) is 0 Å². The molecule has 1 atom stereocenters. The van der Waals surface area contributed by atoms with E-state index in [1.54, 1.807) is 0 Å². The van der Waals surface area contributed by atoms with Crippen LogP contribution in [-0.2, 0) is 15.5 Å². The van der Waals surface area contributed by atoms with Crippen molar-refractivity contribution in [3.8, 4) is 0 Å². The van der Waals surface area contributed by atoms with Gasteiger partial charge in [-0.1, -0.05) is 30.3 Å². The van der Waals surface area contributed by atoms with Gasteiger partial charge in [-0.15, -0.1) is 0 Å². The fourth-order valence-electron chi connectivity index (χ4n) is 3.47. The third kappa shape index (κ3) is 4.41. The lowest BCUT2D eigenvalue weighted by Crippen LogP contribution is -2.60. The molecule has 3 nitrogen and oxygen atoms in total. The smallest absolute Gasteiger partial charge is 0.318 e. The molecule has 1 aromatic carbocycles. The van der Waals surface area contributed by atoms with Gasteiger partial charge in [0.2, 0.25) is 0 Å². The maximum atomic E-state index is 6.32. The Balaban J connectivity index is 1.87. The van der Waals surface area contributed by atoms with Gasteiger partial charge in [-0.2, -0.15) is 0 Å². The van der Waals surface area contributed by atoms with Gasteiger partial charge in [0.05, 0.1) is 12.7 Å². The van der Waals surface area contributed by atoms with Crippen molar-refractivity contribution in [2.75, 3.05) is 7.05 Å².